The molecule has 0 spiro atoms. The van der Waals surface area contributed by atoms with Crippen LogP contribution in [0.5, 0.6) is 5.75 Å². The Balaban J connectivity index is 2.15. The summed E-state index contributed by atoms with van der Waals surface area (Å²) in [5.41, 5.74) is 4.24. The molecule has 0 fully saturated rings. The van der Waals surface area contributed by atoms with E-state index in [0.29, 0.717) is 0 Å². The van der Waals surface area contributed by atoms with Crippen molar-refractivity contribution in [3.8, 4) is 5.75 Å². The molecule has 1 unspecified atom stereocenters. The van der Waals surface area contributed by atoms with Crippen molar-refractivity contribution in [3.05, 3.63) is 34.9 Å². The summed E-state index contributed by atoms with van der Waals surface area (Å²) in [6.07, 6.45) is 4.38. The number of fused-ring (bicyclic) bond motifs is 1. The van der Waals surface area contributed by atoms with E-state index in [9.17, 15) is 4.79 Å². The number of esters is 1. The molecule has 1 aromatic carbocycles. The maximum Gasteiger partial charge on any atom is 0.339 e. The van der Waals surface area contributed by atoms with E-state index >= 15 is 0 Å². The molecule has 154 valence electrons. The van der Waals surface area contributed by atoms with Crippen molar-refractivity contribution in [1.82, 2.24) is 0 Å². The van der Waals surface area contributed by atoms with E-state index in [0.717, 1.165) is 50.0 Å². The fourth-order valence-corrected chi connectivity index (χ4v) is 4.48. The van der Waals surface area contributed by atoms with Crippen LogP contribution in [0.15, 0.2) is 23.8 Å². The SMILES string of the molecule is COC(=O)C(OC(C)(C)C)C1=C(c2ccc3c(c2)CCCO3)C(C)(C)CCC1. The molecule has 4 nitrogen and oxygen atoms in total. The standard InChI is InChI=1S/C24H34O4/c1-23(2,3)28-21(22(25)26-6)18-10-7-13-24(4,5)20(18)17-11-12-19-16(15-17)9-8-14-27-19/h11-12,15,21H,7-10,13-14H2,1-6H3. The second-order valence-corrected chi connectivity index (χ2v) is 9.55. The highest BCUT2D eigenvalue weighted by atomic mass is 16.6. The van der Waals surface area contributed by atoms with Gasteiger partial charge in [-0.2, -0.15) is 0 Å². The molecule has 4 heteroatoms. The van der Waals surface area contributed by atoms with Gasteiger partial charge in [-0.05, 0) is 92.7 Å². The van der Waals surface area contributed by atoms with Gasteiger partial charge >= 0.3 is 5.97 Å². The number of hydrogen-bond acceptors (Lipinski definition) is 4. The van der Waals surface area contributed by atoms with E-state index in [1.54, 1.807) is 0 Å². The Morgan fingerprint density at radius 3 is 2.61 bits per heavy atom. The Kier molecular flexibility index (Phi) is 5.90. The molecule has 0 saturated carbocycles. The van der Waals surface area contributed by atoms with Crippen LogP contribution in [0, 0.1) is 5.41 Å². The lowest BCUT2D eigenvalue weighted by atomic mass is 9.68. The predicted octanol–water partition coefficient (Wildman–Crippen LogP) is 5.33. The molecule has 1 atom stereocenters. The third kappa shape index (κ3) is 4.43. The zero-order valence-electron chi connectivity index (χ0n) is 18.2. The van der Waals surface area contributed by atoms with Gasteiger partial charge in [0.1, 0.15) is 5.75 Å². The maximum atomic E-state index is 12.7. The number of benzene rings is 1. The van der Waals surface area contributed by atoms with E-state index in [4.69, 9.17) is 14.2 Å². The monoisotopic (exact) mass is 386 g/mol. The van der Waals surface area contributed by atoms with Crippen molar-refractivity contribution in [2.75, 3.05) is 13.7 Å². The van der Waals surface area contributed by atoms with Crippen LogP contribution in [0.25, 0.3) is 5.57 Å². The highest BCUT2D eigenvalue weighted by Crippen LogP contribution is 2.48. The van der Waals surface area contributed by atoms with Gasteiger partial charge in [-0.3, -0.25) is 0 Å². The molecule has 0 saturated heterocycles. The lowest BCUT2D eigenvalue weighted by Crippen LogP contribution is -2.38. The topological polar surface area (TPSA) is 44.8 Å². The van der Waals surface area contributed by atoms with Gasteiger partial charge < -0.3 is 14.2 Å². The summed E-state index contributed by atoms with van der Waals surface area (Å²) in [6, 6.07) is 6.47. The molecule has 1 aliphatic carbocycles. The molecule has 2 aliphatic rings. The summed E-state index contributed by atoms with van der Waals surface area (Å²) >= 11 is 0. The van der Waals surface area contributed by atoms with Crippen LogP contribution in [-0.2, 0) is 20.7 Å². The first-order valence-corrected chi connectivity index (χ1v) is 10.4. The number of aryl methyl sites for hydroxylation is 1. The highest BCUT2D eigenvalue weighted by molar-refractivity contribution is 5.85. The normalized spacial score (nSPS) is 20.2. The van der Waals surface area contributed by atoms with Crippen molar-refractivity contribution < 1.29 is 19.0 Å². The minimum atomic E-state index is -0.674. The minimum absolute atomic E-state index is 0.0368. The van der Waals surface area contributed by atoms with Gasteiger partial charge in [-0.1, -0.05) is 19.9 Å². The average molecular weight is 387 g/mol. The van der Waals surface area contributed by atoms with Crippen molar-refractivity contribution in [3.63, 3.8) is 0 Å². The summed E-state index contributed by atoms with van der Waals surface area (Å²) < 4.78 is 17.2. The molecule has 0 amide bonds. The number of methoxy groups -OCH3 is 1. The molecule has 1 aliphatic heterocycles. The fourth-order valence-electron chi connectivity index (χ4n) is 4.48. The number of ether oxygens (including phenoxy) is 3. The molecule has 0 aromatic heterocycles. The predicted molar refractivity (Wildman–Crippen MR) is 111 cm³/mol. The van der Waals surface area contributed by atoms with Gasteiger partial charge in [0.05, 0.1) is 19.3 Å². The third-order valence-electron chi connectivity index (χ3n) is 5.65. The molecule has 3 rings (SSSR count). The van der Waals surface area contributed by atoms with E-state index in [-0.39, 0.29) is 11.4 Å². The lowest BCUT2D eigenvalue weighted by Gasteiger charge is -2.39. The summed E-state index contributed by atoms with van der Waals surface area (Å²) in [5, 5.41) is 0. The summed E-state index contributed by atoms with van der Waals surface area (Å²) in [7, 11) is 1.44. The van der Waals surface area contributed by atoms with Gasteiger partial charge in [0.25, 0.3) is 0 Å². The number of carbonyl (C=O) groups is 1. The van der Waals surface area contributed by atoms with Gasteiger partial charge in [0.2, 0.25) is 0 Å². The van der Waals surface area contributed by atoms with Crippen molar-refractivity contribution in [1.29, 1.82) is 0 Å². The van der Waals surface area contributed by atoms with Crippen LogP contribution in [0.4, 0.5) is 0 Å². The van der Waals surface area contributed by atoms with Crippen LogP contribution in [0.3, 0.4) is 0 Å². The Morgan fingerprint density at radius 1 is 1.18 bits per heavy atom. The summed E-state index contributed by atoms with van der Waals surface area (Å²) in [4.78, 5) is 12.7. The van der Waals surface area contributed by atoms with E-state index in [1.807, 2.05) is 20.8 Å². The zero-order chi connectivity index (χ0) is 20.5. The fraction of sp³-hybridized carbons (Fsp3) is 0.625. The van der Waals surface area contributed by atoms with Crippen molar-refractivity contribution in [2.24, 2.45) is 5.41 Å². The van der Waals surface area contributed by atoms with E-state index in [1.165, 1.54) is 23.8 Å². The number of rotatable bonds is 4. The van der Waals surface area contributed by atoms with E-state index < -0.39 is 11.7 Å². The first-order valence-electron chi connectivity index (χ1n) is 10.4. The van der Waals surface area contributed by atoms with Gasteiger partial charge in [0.15, 0.2) is 6.10 Å². The number of hydrogen-bond donors (Lipinski definition) is 0. The first kappa shape index (κ1) is 20.9. The lowest BCUT2D eigenvalue weighted by molar-refractivity contribution is -0.159. The molecule has 28 heavy (non-hydrogen) atoms. The second kappa shape index (κ2) is 7.90. The Morgan fingerprint density at radius 2 is 1.93 bits per heavy atom. The molecule has 1 aromatic rings. The Labute approximate surface area is 169 Å². The Bertz CT molecular complexity index is 767. The van der Waals surface area contributed by atoms with Crippen LogP contribution in [0.2, 0.25) is 0 Å². The third-order valence-corrected chi connectivity index (χ3v) is 5.65. The molecule has 0 radical (unpaired) electrons. The Hall–Kier alpha value is -1.81. The minimum Gasteiger partial charge on any atom is -0.493 e. The molecule has 0 N–H and O–H groups in total. The number of allylic oxidation sites excluding steroid dienone is 1. The molecule has 1 heterocycles. The van der Waals surface area contributed by atoms with Gasteiger partial charge in [0, 0.05) is 0 Å². The van der Waals surface area contributed by atoms with Crippen molar-refractivity contribution in [2.45, 2.75) is 78.4 Å². The smallest absolute Gasteiger partial charge is 0.339 e. The number of carbonyl (C=O) groups excluding carboxylic acids is 1. The first-order chi connectivity index (χ1) is 13.1. The quantitative estimate of drug-likeness (QED) is 0.656. The van der Waals surface area contributed by atoms with Crippen LogP contribution in [-0.4, -0.2) is 31.4 Å². The molecular weight excluding hydrogens is 352 g/mol. The van der Waals surface area contributed by atoms with E-state index in [2.05, 4.69) is 32.0 Å². The van der Waals surface area contributed by atoms with Crippen LogP contribution in [0.1, 0.15) is 71.4 Å². The average Bonchev–Trinajstić information content (AvgIpc) is 2.63. The maximum absolute atomic E-state index is 12.7. The van der Waals surface area contributed by atoms with Crippen molar-refractivity contribution >= 4 is 11.5 Å². The summed E-state index contributed by atoms with van der Waals surface area (Å²) in [6.45, 7) is 11.3. The zero-order valence-corrected chi connectivity index (χ0v) is 18.2. The van der Waals surface area contributed by atoms with Gasteiger partial charge in [-0.15, -0.1) is 0 Å². The second-order valence-electron chi connectivity index (χ2n) is 9.55. The molecular formula is C24H34O4. The highest BCUT2D eigenvalue weighted by Gasteiger charge is 2.39. The summed E-state index contributed by atoms with van der Waals surface area (Å²) in [5.74, 6) is 0.669. The largest absolute Gasteiger partial charge is 0.493 e. The van der Waals surface area contributed by atoms with Crippen LogP contribution < -0.4 is 4.74 Å². The van der Waals surface area contributed by atoms with Gasteiger partial charge in [-0.25, -0.2) is 4.79 Å². The molecule has 0 bridgehead atoms. The van der Waals surface area contributed by atoms with Crippen LogP contribution >= 0.6 is 0 Å².